The molecule has 0 amide bonds. The zero-order valence-corrected chi connectivity index (χ0v) is 26.4. The number of hydrogen-bond donors (Lipinski definition) is 0. The third kappa shape index (κ3) is 7.13. The van der Waals surface area contributed by atoms with E-state index in [0.29, 0.717) is 34.4 Å². The van der Waals surface area contributed by atoms with Crippen molar-refractivity contribution in [2.75, 3.05) is 0 Å². The minimum Gasteiger partial charge on any atom is -0.458 e. The first-order valence-corrected chi connectivity index (χ1v) is 13.6. The van der Waals surface area contributed by atoms with Crippen molar-refractivity contribution >= 4 is 0 Å². The van der Waals surface area contributed by atoms with Gasteiger partial charge >= 0.3 is 21.1 Å². The monoisotopic (exact) mass is 801 g/mol. The molecule has 2 aromatic carbocycles. The molecule has 0 aliphatic heterocycles. The van der Waals surface area contributed by atoms with Crippen LogP contribution < -0.4 is 9.47 Å². The number of ether oxygens (including phenoxy) is 2. The van der Waals surface area contributed by atoms with Crippen molar-refractivity contribution in [3.8, 4) is 45.5 Å². The summed E-state index contributed by atoms with van der Waals surface area (Å²) in [5.41, 5.74) is -0.526. The average molecular weight is 802 g/mol. The van der Waals surface area contributed by atoms with Crippen LogP contribution in [0.5, 0.6) is 23.0 Å². The molecular weight excluding hydrogens is 779 g/mol. The standard InChI is InChI=1S/C35H22F4N4O2.Pt/c1-35(2,29-19-23(44-21-9-5-3-6-10-21)17-27(40-29)25-13-15-31(36)42-33(25)38)30-20-24(45-22-11-7-4-8-12-22)18-28(41-30)26-14-16-32(37)43-34(26)39;/h3-12,15-20H,1-2H3;/q-2;+2. The van der Waals surface area contributed by atoms with Crippen LogP contribution >= 0.6 is 0 Å². The Balaban J connectivity index is 0.00000417. The molecule has 0 fully saturated rings. The van der Waals surface area contributed by atoms with E-state index in [2.05, 4.69) is 22.1 Å². The number of pyridine rings is 4. The molecule has 46 heavy (non-hydrogen) atoms. The van der Waals surface area contributed by atoms with Gasteiger partial charge in [0, 0.05) is 28.9 Å². The molecule has 0 N–H and O–H groups in total. The van der Waals surface area contributed by atoms with E-state index in [1.807, 2.05) is 12.1 Å². The Bertz CT molecular complexity index is 1850. The first kappa shape index (κ1) is 32.4. The summed E-state index contributed by atoms with van der Waals surface area (Å²) < 4.78 is 69.1. The second-order valence-electron chi connectivity index (χ2n) is 10.4. The molecule has 6 aromatic rings. The zero-order chi connectivity index (χ0) is 31.6. The van der Waals surface area contributed by atoms with Gasteiger partial charge in [-0.05, 0) is 61.6 Å². The smallest absolute Gasteiger partial charge is 0.458 e. The fourth-order valence-corrected chi connectivity index (χ4v) is 4.51. The van der Waals surface area contributed by atoms with E-state index >= 15 is 0 Å². The summed E-state index contributed by atoms with van der Waals surface area (Å²) >= 11 is 0. The van der Waals surface area contributed by atoms with E-state index in [-0.39, 0.29) is 43.6 Å². The molecule has 0 aliphatic rings. The van der Waals surface area contributed by atoms with Gasteiger partial charge in [-0.3, -0.25) is 19.9 Å². The molecule has 0 bridgehead atoms. The summed E-state index contributed by atoms with van der Waals surface area (Å²) in [6, 6.07) is 31.1. The predicted molar refractivity (Wildman–Crippen MR) is 158 cm³/mol. The fraction of sp³-hybridized carbons (Fsp3) is 0.0857. The fourth-order valence-electron chi connectivity index (χ4n) is 4.51. The van der Waals surface area contributed by atoms with Crippen LogP contribution in [0.3, 0.4) is 0 Å². The van der Waals surface area contributed by atoms with Crippen LogP contribution in [0, 0.1) is 35.9 Å². The van der Waals surface area contributed by atoms with Crippen molar-refractivity contribution in [2.45, 2.75) is 19.3 Å². The molecule has 4 aromatic heterocycles. The summed E-state index contributed by atoms with van der Waals surface area (Å²) in [4.78, 5) is 15.9. The van der Waals surface area contributed by atoms with Gasteiger partial charge in [-0.2, -0.15) is 0 Å². The largest absolute Gasteiger partial charge is 2.00 e. The van der Waals surface area contributed by atoms with Crippen molar-refractivity contribution in [2.24, 2.45) is 0 Å². The molecule has 0 radical (unpaired) electrons. The predicted octanol–water partition coefficient (Wildman–Crippen LogP) is 8.67. The maximum Gasteiger partial charge on any atom is 2.00 e. The van der Waals surface area contributed by atoms with E-state index in [9.17, 15) is 17.6 Å². The van der Waals surface area contributed by atoms with Crippen LogP contribution in [-0.4, -0.2) is 19.9 Å². The molecular formula is C35H22F4N4O2Pt. The minimum absolute atomic E-state index is 0. The number of nitrogens with zero attached hydrogens (tertiary/aromatic N) is 4. The Hall–Kier alpha value is -4.95. The normalized spacial score (nSPS) is 11.1. The second-order valence-corrected chi connectivity index (χ2v) is 10.4. The van der Waals surface area contributed by atoms with Crippen molar-refractivity contribution in [3.63, 3.8) is 0 Å². The maximum absolute atomic E-state index is 14.8. The molecule has 0 aliphatic carbocycles. The van der Waals surface area contributed by atoms with E-state index in [0.717, 1.165) is 12.1 Å². The van der Waals surface area contributed by atoms with E-state index in [1.54, 1.807) is 74.5 Å². The van der Waals surface area contributed by atoms with Crippen molar-refractivity contribution in [1.82, 2.24) is 19.9 Å². The van der Waals surface area contributed by atoms with Gasteiger partial charge in [0.15, 0.2) is 0 Å². The van der Waals surface area contributed by atoms with Gasteiger partial charge < -0.3 is 9.47 Å². The number of aromatic nitrogens is 4. The summed E-state index contributed by atoms with van der Waals surface area (Å²) in [5.74, 6) is -2.65. The van der Waals surface area contributed by atoms with Gasteiger partial charge in [0.25, 0.3) is 0 Å². The minimum atomic E-state index is -1.10. The molecule has 0 saturated carbocycles. The Kier molecular flexibility index (Phi) is 9.58. The molecule has 0 unspecified atom stereocenters. The Labute approximate surface area is 276 Å². The first-order chi connectivity index (χ1) is 21.7. The van der Waals surface area contributed by atoms with E-state index in [1.165, 1.54) is 12.1 Å². The van der Waals surface area contributed by atoms with Gasteiger partial charge in [0.2, 0.25) is 0 Å². The molecule has 0 spiro atoms. The van der Waals surface area contributed by atoms with E-state index in [4.69, 9.17) is 19.4 Å². The number of para-hydroxylation sites is 2. The number of halogens is 4. The topological polar surface area (TPSA) is 70.0 Å². The van der Waals surface area contributed by atoms with Crippen LogP contribution in [0.1, 0.15) is 25.2 Å². The third-order valence-corrected chi connectivity index (χ3v) is 6.84. The van der Waals surface area contributed by atoms with Gasteiger partial charge in [-0.15, -0.1) is 12.1 Å². The second kappa shape index (κ2) is 13.6. The number of benzene rings is 2. The Morgan fingerprint density at radius 3 is 1.30 bits per heavy atom. The van der Waals surface area contributed by atoms with Crippen LogP contribution in [0.15, 0.2) is 97.1 Å². The van der Waals surface area contributed by atoms with Gasteiger partial charge in [0.05, 0.1) is 0 Å². The maximum atomic E-state index is 14.8. The summed E-state index contributed by atoms with van der Waals surface area (Å²) in [6.07, 6.45) is 0. The van der Waals surface area contributed by atoms with Crippen LogP contribution in [0.25, 0.3) is 22.5 Å². The van der Waals surface area contributed by atoms with Crippen molar-refractivity contribution < 1.29 is 48.1 Å². The number of rotatable bonds is 8. The molecule has 232 valence electrons. The van der Waals surface area contributed by atoms with Gasteiger partial charge in [0.1, 0.15) is 46.8 Å². The van der Waals surface area contributed by atoms with Gasteiger partial charge in [-0.25, -0.2) is 17.6 Å². The molecule has 6 rings (SSSR count). The van der Waals surface area contributed by atoms with E-state index < -0.39 is 29.2 Å². The molecule has 11 heteroatoms. The molecule has 4 heterocycles. The van der Waals surface area contributed by atoms with Crippen molar-refractivity contribution in [1.29, 1.82) is 0 Å². The summed E-state index contributed by atoms with van der Waals surface area (Å²) in [5, 5.41) is 0. The summed E-state index contributed by atoms with van der Waals surface area (Å²) in [7, 11) is 0. The molecule has 0 atom stereocenters. The first-order valence-electron chi connectivity index (χ1n) is 13.6. The third-order valence-electron chi connectivity index (χ3n) is 6.84. The van der Waals surface area contributed by atoms with Crippen LogP contribution in [-0.2, 0) is 26.5 Å². The Morgan fingerprint density at radius 2 is 0.935 bits per heavy atom. The van der Waals surface area contributed by atoms with Crippen LogP contribution in [0.2, 0.25) is 0 Å². The SMILES string of the molecule is CC(C)(c1cc(Oc2ccccc2)cc(-c2[c-]cc(F)nc2F)n1)c1cc(Oc2ccccc2)cc(-c2[c-]cc(F)nc2F)n1.[Pt+2]. The van der Waals surface area contributed by atoms with Gasteiger partial charge in [-0.1, -0.05) is 59.7 Å². The summed E-state index contributed by atoms with van der Waals surface area (Å²) in [6.45, 7) is 3.60. The van der Waals surface area contributed by atoms with Crippen LogP contribution in [0.4, 0.5) is 17.6 Å². The number of hydrogen-bond acceptors (Lipinski definition) is 6. The quantitative estimate of drug-likeness (QED) is 0.0873. The van der Waals surface area contributed by atoms with Crippen molar-refractivity contribution in [3.05, 3.63) is 144 Å². The Morgan fingerprint density at radius 1 is 0.543 bits per heavy atom. The average Bonchev–Trinajstić information content (AvgIpc) is 3.02. The zero-order valence-electron chi connectivity index (χ0n) is 24.2. The molecule has 6 nitrogen and oxygen atoms in total. The molecule has 0 saturated heterocycles.